The van der Waals surface area contributed by atoms with Gasteiger partial charge in [0.1, 0.15) is 18.3 Å². The van der Waals surface area contributed by atoms with Gasteiger partial charge in [-0.1, -0.05) is 39.0 Å². The van der Waals surface area contributed by atoms with Gasteiger partial charge in [-0.25, -0.2) is 0 Å². The van der Waals surface area contributed by atoms with Crippen molar-refractivity contribution in [2.75, 3.05) is 18.6 Å². The summed E-state index contributed by atoms with van der Waals surface area (Å²) in [6.45, 7) is 2.21. The highest BCUT2D eigenvalue weighted by molar-refractivity contribution is 7.99. The first kappa shape index (κ1) is 19.2. The van der Waals surface area contributed by atoms with Crippen LogP contribution in [-0.4, -0.2) is 64.6 Å². The first-order valence-electron chi connectivity index (χ1n) is 7.92. The maximum atomic E-state index is 9.92. The van der Waals surface area contributed by atoms with E-state index in [-0.39, 0.29) is 0 Å². The number of ether oxygens (including phenoxy) is 2. The van der Waals surface area contributed by atoms with Crippen LogP contribution in [0.3, 0.4) is 0 Å². The lowest BCUT2D eigenvalue weighted by atomic mass is 10.00. The van der Waals surface area contributed by atoms with Crippen molar-refractivity contribution >= 4 is 11.8 Å². The van der Waals surface area contributed by atoms with Crippen molar-refractivity contribution in [2.45, 2.75) is 76.2 Å². The van der Waals surface area contributed by atoms with Gasteiger partial charge in [-0.3, -0.25) is 0 Å². The summed E-state index contributed by atoms with van der Waals surface area (Å²) >= 11 is 1.71. The Kier molecular flexibility index (Phi) is 9.88. The third kappa shape index (κ3) is 6.42. The standard InChI is InChI=1S/C15H30O5S/c1-3-4-5-6-7-8-9-21-10-11-12(16)13(17)14(18)15(19-2)20-11/h11-18H,3-10H2,1-2H3/t11-,12-,13+,14-,15+/m1/s1. The molecule has 0 spiro atoms. The molecule has 1 fully saturated rings. The van der Waals surface area contributed by atoms with E-state index in [1.54, 1.807) is 11.8 Å². The van der Waals surface area contributed by atoms with Crippen LogP contribution in [0, 0.1) is 0 Å². The molecule has 5 atom stereocenters. The Bertz CT molecular complexity index is 264. The second kappa shape index (κ2) is 10.8. The van der Waals surface area contributed by atoms with Crippen molar-refractivity contribution in [1.29, 1.82) is 0 Å². The molecule has 0 radical (unpaired) electrons. The summed E-state index contributed by atoms with van der Waals surface area (Å²) in [6, 6.07) is 0. The number of hydrogen-bond donors (Lipinski definition) is 3. The van der Waals surface area contributed by atoms with Gasteiger partial charge in [0.2, 0.25) is 0 Å². The molecule has 1 aliphatic heterocycles. The third-order valence-electron chi connectivity index (χ3n) is 3.83. The number of unbranched alkanes of at least 4 members (excludes halogenated alkanes) is 5. The van der Waals surface area contributed by atoms with Crippen molar-refractivity contribution in [1.82, 2.24) is 0 Å². The Balaban J connectivity index is 2.16. The minimum absolute atomic E-state index is 0.501. The molecule has 3 N–H and O–H groups in total. The summed E-state index contributed by atoms with van der Waals surface area (Å²) in [5.41, 5.74) is 0. The Hall–Kier alpha value is 0.150. The molecule has 0 aromatic heterocycles. The molecule has 1 rings (SSSR count). The second-order valence-corrected chi connectivity index (χ2v) is 6.74. The van der Waals surface area contributed by atoms with E-state index >= 15 is 0 Å². The topological polar surface area (TPSA) is 79.2 Å². The van der Waals surface area contributed by atoms with E-state index in [0.29, 0.717) is 5.75 Å². The minimum Gasteiger partial charge on any atom is -0.388 e. The zero-order valence-electron chi connectivity index (χ0n) is 13.1. The molecule has 126 valence electrons. The van der Waals surface area contributed by atoms with Gasteiger partial charge in [-0.05, 0) is 12.2 Å². The monoisotopic (exact) mass is 322 g/mol. The highest BCUT2D eigenvalue weighted by atomic mass is 32.2. The lowest BCUT2D eigenvalue weighted by molar-refractivity contribution is -0.284. The zero-order valence-corrected chi connectivity index (χ0v) is 13.9. The van der Waals surface area contributed by atoms with Crippen molar-refractivity contribution < 1.29 is 24.8 Å². The molecule has 0 aliphatic carbocycles. The molecule has 1 heterocycles. The number of thioether (sulfide) groups is 1. The van der Waals surface area contributed by atoms with Crippen LogP contribution in [-0.2, 0) is 9.47 Å². The van der Waals surface area contributed by atoms with Crippen molar-refractivity contribution in [2.24, 2.45) is 0 Å². The molecule has 21 heavy (non-hydrogen) atoms. The normalized spacial score (nSPS) is 33.3. The quantitative estimate of drug-likeness (QED) is 0.530. The highest BCUT2D eigenvalue weighted by Crippen LogP contribution is 2.24. The van der Waals surface area contributed by atoms with Crippen LogP contribution < -0.4 is 0 Å². The van der Waals surface area contributed by atoms with E-state index in [4.69, 9.17) is 9.47 Å². The molecule has 0 amide bonds. The predicted molar refractivity (Wildman–Crippen MR) is 84.4 cm³/mol. The Morgan fingerprint density at radius 1 is 0.952 bits per heavy atom. The van der Waals surface area contributed by atoms with Crippen LogP contribution in [0.5, 0.6) is 0 Å². The maximum absolute atomic E-state index is 9.92. The Morgan fingerprint density at radius 3 is 2.29 bits per heavy atom. The molecule has 6 heteroatoms. The van der Waals surface area contributed by atoms with Crippen LogP contribution in [0.15, 0.2) is 0 Å². The number of methoxy groups -OCH3 is 1. The molecule has 0 saturated carbocycles. The Labute approximate surface area is 132 Å². The molecular weight excluding hydrogens is 292 g/mol. The first-order valence-corrected chi connectivity index (χ1v) is 9.07. The Morgan fingerprint density at radius 2 is 1.62 bits per heavy atom. The van der Waals surface area contributed by atoms with Crippen molar-refractivity contribution in [3.63, 3.8) is 0 Å². The first-order chi connectivity index (χ1) is 10.1. The van der Waals surface area contributed by atoms with Crippen LogP contribution >= 0.6 is 11.8 Å². The predicted octanol–water partition coefficient (Wildman–Crippen LogP) is 1.53. The summed E-state index contributed by atoms with van der Waals surface area (Å²) in [7, 11) is 1.42. The number of aliphatic hydroxyl groups excluding tert-OH is 3. The van der Waals surface area contributed by atoms with Gasteiger partial charge in [0.15, 0.2) is 6.29 Å². The third-order valence-corrected chi connectivity index (χ3v) is 4.97. The fourth-order valence-corrected chi connectivity index (χ4v) is 3.52. The average molecular weight is 322 g/mol. The summed E-state index contributed by atoms with van der Waals surface area (Å²) in [4.78, 5) is 0. The van der Waals surface area contributed by atoms with Crippen molar-refractivity contribution in [3.05, 3.63) is 0 Å². The van der Waals surface area contributed by atoms with Gasteiger partial charge < -0.3 is 24.8 Å². The molecule has 0 bridgehead atoms. The molecule has 0 unspecified atom stereocenters. The summed E-state index contributed by atoms with van der Waals surface area (Å²) in [6.07, 6.45) is 2.71. The van der Waals surface area contributed by atoms with Gasteiger partial charge in [-0.15, -0.1) is 0 Å². The van der Waals surface area contributed by atoms with Crippen molar-refractivity contribution in [3.8, 4) is 0 Å². The number of rotatable bonds is 10. The summed E-state index contributed by atoms with van der Waals surface area (Å²) < 4.78 is 10.5. The van der Waals surface area contributed by atoms with E-state index in [0.717, 1.165) is 12.2 Å². The van der Waals surface area contributed by atoms with E-state index in [1.807, 2.05) is 0 Å². The fourth-order valence-electron chi connectivity index (χ4n) is 2.43. The van der Waals surface area contributed by atoms with Crippen LogP contribution in [0.1, 0.15) is 45.4 Å². The summed E-state index contributed by atoms with van der Waals surface area (Å²) in [5.74, 6) is 1.62. The lowest BCUT2D eigenvalue weighted by Crippen LogP contribution is -2.58. The zero-order chi connectivity index (χ0) is 15.7. The lowest BCUT2D eigenvalue weighted by Gasteiger charge is -2.39. The molecular formula is C15H30O5S. The van der Waals surface area contributed by atoms with E-state index in [9.17, 15) is 15.3 Å². The van der Waals surface area contributed by atoms with Gasteiger partial charge in [0, 0.05) is 12.9 Å². The molecule has 1 saturated heterocycles. The molecule has 1 aliphatic rings. The van der Waals surface area contributed by atoms with Gasteiger partial charge in [-0.2, -0.15) is 11.8 Å². The SMILES string of the molecule is CCCCCCCCSC[C@H]1O[C@H](OC)[C@H](O)[C@@H](O)[C@@H]1O. The minimum atomic E-state index is -1.22. The molecule has 0 aromatic carbocycles. The van der Waals surface area contributed by atoms with E-state index < -0.39 is 30.7 Å². The summed E-state index contributed by atoms with van der Waals surface area (Å²) in [5, 5.41) is 29.4. The van der Waals surface area contributed by atoms with Gasteiger partial charge in [0.25, 0.3) is 0 Å². The molecule has 5 nitrogen and oxygen atoms in total. The number of hydrogen-bond acceptors (Lipinski definition) is 6. The van der Waals surface area contributed by atoms with E-state index in [1.165, 1.54) is 39.2 Å². The highest BCUT2D eigenvalue weighted by Gasteiger charge is 2.43. The van der Waals surface area contributed by atoms with Crippen LogP contribution in [0.25, 0.3) is 0 Å². The molecule has 0 aromatic rings. The fraction of sp³-hybridized carbons (Fsp3) is 1.00. The maximum Gasteiger partial charge on any atom is 0.186 e. The van der Waals surface area contributed by atoms with Crippen LogP contribution in [0.4, 0.5) is 0 Å². The van der Waals surface area contributed by atoms with Gasteiger partial charge >= 0.3 is 0 Å². The second-order valence-electron chi connectivity index (χ2n) is 5.59. The smallest absolute Gasteiger partial charge is 0.186 e. The van der Waals surface area contributed by atoms with Crippen LogP contribution in [0.2, 0.25) is 0 Å². The van der Waals surface area contributed by atoms with E-state index in [2.05, 4.69) is 6.92 Å². The average Bonchev–Trinajstić information content (AvgIpc) is 2.49. The number of aliphatic hydroxyl groups is 3. The van der Waals surface area contributed by atoms with Gasteiger partial charge in [0.05, 0.1) is 6.10 Å². The largest absolute Gasteiger partial charge is 0.388 e.